The molecule has 2 aromatic rings. The quantitative estimate of drug-likeness (QED) is 0.671. The number of benzene rings is 2. The lowest BCUT2D eigenvalue weighted by Crippen LogP contribution is -2.10. The van der Waals surface area contributed by atoms with Crippen molar-refractivity contribution in [2.75, 3.05) is 5.73 Å². The van der Waals surface area contributed by atoms with Gasteiger partial charge in [0.1, 0.15) is 0 Å². The lowest BCUT2D eigenvalue weighted by molar-refractivity contribution is 0.100. The van der Waals surface area contributed by atoms with Crippen LogP contribution in [-0.2, 0) is 5.75 Å². The van der Waals surface area contributed by atoms with Crippen molar-refractivity contribution >= 4 is 35.0 Å². The topological polar surface area (TPSA) is 69.1 Å². The predicted molar refractivity (Wildman–Crippen MR) is 80.4 cm³/mol. The molecule has 0 aliphatic carbocycles. The van der Waals surface area contributed by atoms with Crippen molar-refractivity contribution in [3.05, 3.63) is 58.6 Å². The summed E-state index contributed by atoms with van der Waals surface area (Å²) in [4.78, 5) is 11.9. The van der Waals surface area contributed by atoms with Gasteiger partial charge in [-0.05, 0) is 35.9 Å². The van der Waals surface area contributed by atoms with Crippen LogP contribution in [0, 0.1) is 0 Å². The second-order valence-corrected chi connectivity index (χ2v) is 5.49. The highest BCUT2D eigenvalue weighted by Crippen LogP contribution is 2.30. The number of carbonyl (C=O) groups is 1. The number of carbonyl (C=O) groups excluding carboxylic acids is 1. The van der Waals surface area contributed by atoms with E-state index in [2.05, 4.69) is 0 Å². The van der Waals surface area contributed by atoms with Crippen molar-refractivity contribution in [3.63, 3.8) is 0 Å². The zero-order valence-corrected chi connectivity index (χ0v) is 11.7. The lowest BCUT2D eigenvalue weighted by atomic mass is 10.1. The van der Waals surface area contributed by atoms with Gasteiger partial charge in [0.05, 0.1) is 0 Å². The summed E-state index contributed by atoms with van der Waals surface area (Å²) in [5, 5.41) is 0.632. The number of hydrogen-bond donors (Lipinski definition) is 2. The number of rotatable bonds is 4. The predicted octanol–water partition coefficient (Wildman–Crippen LogP) is 3.31. The van der Waals surface area contributed by atoms with Crippen LogP contribution in [0.1, 0.15) is 15.9 Å². The average Bonchev–Trinajstić information content (AvgIpc) is 2.38. The van der Waals surface area contributed by atoms with E-state index in [9.17, 15) is 4.79 Å². The minimum absolute atomic E-state index is 0.416. The fourth-order valence-electron chi connectivity index (χ4n) is 1.58. The third kappa shape index (κ3) is 3.66. The van der Waals surface area contributed by atoms with Crippen molar-refractivity contribution in [3.8, 4) is 0 Å². The van der Waals surface area contributed by atoms with Gasteiger partial charge in [0, 0.05) is 26.9 Å². The Morgan fingerprint density at radius 1 is 1.16 bits per heavy atom. The largest absolute Gasteiger partial charge is 0.398 e. The van der Waals surface area contributed by atoms with Crippen LogP contribution in [0.25, 0.3) is 0 Å². The molecular formula is C14H13ClN2OS. The molecule has 5 heteroatoms. The van der Waals surface area contributed by atoms with Crippen LogP contribution in [0.3, 0.4) is 0 Å². The summed E-state index contributed by atoms with van der Waals surface area (Å²) in [6.07, 6.45) is 0. The lowest BCUT2D eigenvalue weighted by Gasteiger charge is -2.06. The third-order valence-corrected chi connectivity index (χ3v) is 4.00. The fourth-order valence-corrected chi connectivity index (χ4v) is 2.66. The molecule has 0 saturated heterocycles. The van der Waals surface area contributed by atoms with Gasteiger partial charge in [-0.3, -0.25) is 4.79 Å². The van der Waals surface area contributed by atoms with Gasteiger partial charge in [-0.15, -0.1) is 11.8 Å². The van der Waals surface area contributed by atoms with Gasteiger partial charge in [-0.25, -0.2) is 0 Å². The van der Waals surface area contributed by atoms with Gasteiger partial charge in [-0.1, -0.05) is 23.7 Å². The fraction of sp³-hybridized carbons (Fsp3) is 0.0714. The van der Waals surface area contributed by atoms with Gasteiger partial charge in [-0.2, -0.15) is 0 Å². The highest BCUT2D eigenvalue weighted by molar-refractivity contribution is 7.98. The Hall–Kier alpha value is -1.65. The highest BCUT2D eigenvalue weighted by atomic mass is 35.5. The maximum Gasteiger partial charge on any atom is 0.248 e. The molecule has 4 N–H and O–H groups in total. The Balaban J connectivity index is 2.04. The average molecular weight is 293 g/mol. The van der Waals surface area contributed by atoms with E-state index in [1.807, 2.05) is 24.3 Å². The number of thioether (sulfide) groups is 1. The molecule has 2 rings (SSSR count). The van der Waals surface area contributed by atoms with E-state index in [-0.39, 0.29) is 0 Å². The van der Waals surface area contributed by atoms with Crippen LogP contribution in [0.15, 0.2) is 47.4 Å². The van der Waals surface area contributed by atoms with Crippen LogP contribution in [0.2, 0.25) is 5.02 Å². The molecule has 0 saturated carbocycles. The maximum absolute atomic E-state index is 11.0. The molecule has 1 amide bonds. The van der Waals surface area contributed by atoms with Gasteiger partial charge < -0.3 is 11.5 Å². The van der Waals surface area contributed by atoms with E-state index in [0.717, 1.165) is 16.2 Å². The SMILES string of the molecule is NC(=O)c1ccc(CSc2ccc(Cl)cc2N)cc1. The number of anilines is 1. The standard InChI is InChI=1S/C14H13ClN2OS/c15-11-5-6-13(12(16)7-11)19-8-9-1-3-10(4-2-9)14(17)18/h1-7H,8,16H2,(H2,17,18). The summed E-state index contributed by atoms with van der Waals surface area (Å²) < 4.78 is 0. The molecule has 0 aliphatic rings. The van der Waals surface area contributed by atoms with Gasteiger partial charge in [0.2, 0.25) is 5.91 Å². The molecule has 0 bridgehead atoms. The molecule has 0 aromatic heterocycles. The van der Waals surface area contributed by atoms with Crippen LogP contribution in [0.4, 0.5) is 5.69 Å². The number of nitrogens with two attached hydrogens (primary N) is 2. The molecule has 2 aromatic carbocycles. The maximum atomic E-state index is 11.0. The molecule has 19 heavy (non-hydrogen) atoms. The molecular weight excluding hydrogens is 280 g/mol. The number of amides is 1. The number of primary amides is 1. The Bertz CT molecular complexity index is 599. The molecule has 0 spiro atoms. The van der Waals surface area contributed by atoms with E-state index in [0.29, 0.717) is 16.3 Å². The third-order valence-electron chi connectivity index (χ3n) is 2.60. The minimum Gasteiger partial charge on any atom is -0.398 e. The van der Waals surface area contributed by atoms with E-state index in [1.54, 1.807) is 30.0 Å². The minimum atomic E-state index is -0.416. The monoisotopic (exact) mass is 292 g/mol. The molecule has 0 aliphatic heterocycles. The highest BCUT2D eigenvalue weighted by Gasteiger charge is 2.03. The molecule has 0 unspecified atom stereocenters. The summed E-state index contributed by atoms with van der Waals surface area (Å²) in [6.45, 7) is 0. The molecule has 0 radical (unpaired) electrons. The van der Waals surface area contributed by atoms with E-state index in [4.69, 9.17) is 23.1 Å². The summed E-state index contributed by atoms with van der Waals surface area (Å²) in [5.74, 6) is 0.353. The van der Waals surface area contributed by atoms with Crippen molar-refractivity contribution in [2.24, 2.45) is 5.73 Å². The summed E-state index contributed by atoms with van der Waals surface area (Å²) in [5.41, 5.74) is 13.4. The van der Waals surface area contributed by atoms with Crippen molar-refractivity contribution in [2.45, 2.75) is 10.6 Å². The first kappa shape index (κ1) is 13.8. The Morgan fingerprint density at radius 2 is 1.84 bits per heavy atom. The van der Waals surface area contributed by atoms with Gasteiger partial charge in [0.25, 0.3) is 0 Å². The molecule has 98 valence electrons. The van der Waals surface area contributed by atoms with Gasteiger partial charge in [0.15, 0.2) is 0 Å². The molecule has 0 atom stereocenters. The van der Waals surface area contributed by atoms with Crippen molar-refractivity contribution in [1.82, 2.24) is 0 Å². The number of hydrogen-bond acceptors (Lipinski definition) is 3. The van der Waals surface area contributed by atoms with Crippen LogP contribution in [0.5, 0.6) is 0 Å². The summed E-state index contributed by atoms with van der Waals surface area (Å²) in [6, 6.07) is 12.7. The molecule has 0 fully saturated rings. The van der Waals surface area contributed by atoms with Crippen LogP contribution < -0.4 is 11.5 Å². The summed E-state index contributed by atoms with van der Waals surface area (Å²) in [7, 11) is 0. The number of nitrogen functional groups attached to an aromatic ring is 1. The Morgan fingerprint density at radius 3 is 2.42 bits per heavy atom. The normalized spacial score (nSPS) is 10.4. The Kier molecular flexibility index (Phi) is 4.35. The second-order valence-electron chi connectivity index (χ2n) is 4.03. The van der Waals surface area contributed by atoms with Crippen molar-refractivity contribution in [1.29, 1.82) is 0 Å². The first-order valence-corrected chi connectivity index (χ1v) is 6.99. The van der Waals surface area contributed by atoms with E-state index >= 15 is 0 Å². The zero-order chi connectivity index (χ0) is 13.8. The van der Waals surface area contributed by atoms with Gasteiger partial charge >= 0.3 is 0 Å². The smallest absolute Gasteiger partial charge is 0.248 e. The molecule has 0 heterocycles. The first-order valence-electron chi connectivity index (χ1n) is 5.63. The first-order chi connectivity index (χ1) is 9.06. The Labute approximate surface area is 120 Å². The van der Waals surface area contributed by atoms with Crippen LogP contribution >= 0.6 is 23.4 Å². The molecule has 3 nitrogen and oxygen atoms in total. The zero-order valence-electron chi connectivity index (χ0n) is 10.1. The van der Waals surface area contributed by atoms with E-state index < -0.39 is 5.91 Å². The van der Waals surface area contributed by atoms with E-state index in [1.165, 1.54) is 0 Å². The second kappa shape index (κ2) is 5.99. The number of halogens is 1. The van der Waals surface area contributed by atoms with Crippen LogP contribution in [-0.4, -0.2) is 5.91 Å². The van der Waals surface area contributed by atoms with Crippen molar-refractivity contribution < 1.29 is 4.79 Å². The summed E-state index contributed by atoms with van der Waals surface area (Å²) >= 11 is 7.47.